The lowest BCUT2D eigenvalue weighted by Gasteiger charge is -2.61. The van der Waals surface area contributed by atoms with Gasteiger partial charge in [0.2, 0.25) is 0 Å². The van der Waals surface area contributed by atoms with Crippen molar-refractivity contribution < 1.29 is 23.8 Å². The Hall–Kier alpha value is -1.33. The van der Waals surface area contributed by atoms with Crippen molar-refractivity contribution in [3.63, 3.8) is 0 Å². The number of aliphatic hydroxyl groups is 1. The molecule has 2 aliphatic carbocycles. The topological polar surface area (TPSA) is 72.2 Å². The van der Waals surface area contributed by atoms with Crippen molar-refractivity contribution in [1.82, 2.24) is 0 Å². The lowest BCUT2D eigenvalue weighted by molar-refractivity contribution is -0.227. The number of ether oxygens (including phenoxy) is 2. The summed E-state index contributed by atoms with van der Waals surface area (Å²) in [7, 11) is 0. The minimum atomic E-state index is -0.950. The van der Waals surface area contributed by atoms with Gasteiger partial charge < -0.3 is 19.0 Å². The van der Waals surface area contributed by atoms with E-state index in [1.165, 1.54) is 0 Å². The van der Waals surface area contributed by atoms with Gasteiger partial charge in [-0.3, -0.25) is 4.79 Å². The fourth-order valence-corrected chi connectivity index (χ4v) is 6.58. The molecule has 0 aromatic carbocycles. The molecule has 5 heteroatoms. The standard InChI is InChI=1S/C20H26O5/c1-17-6-3-7-18(2)15(17)14(25-16(17)21)10-19(12-24-19)20(18,22)8-4-13-5-9-23-11-13/h5,9,11,14-15,22H,3-4,6-8,10,12H2,1-2H3/t14-,15?,17+,18+,19-,20+/m1/s1. The van der Waals surface area contributed by atoms with E-state index in [0.29, 0.717) is 19.4 Å². The van der Waals surface area contributed by atoms with E-state index in [1.54, 1.807) is 12.5 Å². The van der Waals surface area contributed by atoms with Crippen LogP contribution in [0.3, 0.4) is 0 Å². The van der Waals surface area contributed by atoms with Crippen LogP contribution in [-0.2, 0) is 20.7 Å². The molecule has 1 aromatic rings. The first-order valence-corrected chi connectivity index (χ1v) is 9.43. The first-order valence-electron chi connectivity index (χ1n) is 9.43. The van der Waals surface area contributed by atoms with Gasteiger partial charge in [0.25, 0.3) is 0 Å². The van der Waals surface area contributed by atoms with Gasteiger partial charge in [-0.1, -0.05) is 13.3 Å². The molecule has 0 bridgehead atoms. The van der Waals surface area contributed by atoms with Gasteiger partial charge >= 0.3 is 5.97 Å². The van der Waals surface area contributed by atoms with Crippen LogP contribution in [0, 0.1) is 16.7 Å². The summed E-state index contributed by atoms with van der Waals surface area (Å²) in [5.74, 6) is -0.0197. The van der Waals surface area contributed by atoms with Gasteiger partial charge in [0.1, 0.15) is 17.3 Å². The molecule has 5 rings (SSSR count). The summed E-state index contributed by atoms with van der Waals surface area (Å²) in [5, 5.41) is 12.1. The number of furan rings is 1. The van der Waals surface area contributed by atoms with Crippen molar-refractivity contribution in [3.8, 4) is 0 Å². The van der Waals surface area contributed by atoms with Crippen molar-refractivity contribution >= 4 is 5.97 Å². The van der Waals surface area contributed by atoms with E-state index >= 15 is 0 Å². The number of carbonyl (C=O) groups is 1. The van der Waals surface area contributed by atoms with Gasteiger partial charge in [-0.15, -0.1) is 0 Å². The number of hydrogen-bond acceptors (Lipinski definition) is 5. The molecule has 136 valence electrons. The number of esters is 1. The van der Waals surface area contributed by atoms with E-state index in [0.717, 1.165) is 31.2 Å². The van der Waals surface area contributed by atoms with Crippen molar-refractivity contribution in [2.24, 2.45) is 16.7 Å². The summed E-state index contributed by atoms with van der Waals surface area (Å²) in [5.41, 5.74) is -1.27. The summed E-state index contributed by atoms with van der Waals surface area (Å²) >= 11 is 0. The van der Waals surface area contributed by atoms with Gasteiger partial charge in [0.15, 0.2) is 0 Å². The second kappa shape index (κ2) is 4.68. The molecular formula is C20H26O5. The Balaban J connectivity index is 1.56. The largest absolute Gasteiger partial charge is 0.472 e. The maximum atomic E-state index is 12.6. The quantitative estimate of drug-likeness (QED) is 0.673. The fraction of sp³-hybridized carbons (Fsp3) is 0.750. The van der Waals surface area contributed by atoms with Crippen LogP contribution >= 0.6 is 0 Å². The molecule has 1 N–H and O–H groups in total. The van der Waals surface area contributed by atoms with E-state index in [2.05, 4.69) is 6.92 Å². The number of rotatable bonds is 3. The zero-order chi connectivity index (χ0) is 17.5. The van der Waals surface area contributed by atoms with Crippen molar-refractivity contribution in [3.05, 3.63) is 24.2 Å². The van der Waals surface area contributed by atoms with Crippen molar-refractivity contribution in [2.75, 3.05) is 6.61 Å². The molecule has 3 heterocycles. The third kappa shape index (κ3) is 1.78. The lowest BCUT2D eigenvalue weighted by Crippen LogP contribution is -2.69. The molecule has 2 aliphatic heterocycles. The van der Waals surface area contributed by atoms with E-state index in [1.807, 2.05) is 13.0 Å². The fourth-order valence-electron chi connectivity index (χ4n) is 6.58. The molecule has 6 atom stereocenters. The first-order chi connectivity index (χ1) is 11.8. The summed E-state index contributed by atoms with van der Waals surface area (Å²) in [6.45, 7) is 4.77. The van der Waals surface area contributed by atoms with Gasteiger partial charge in [-0.05, 0) is 44.2 Å². The molecule has 4 fully saturated rings. The average Bonchev–Trinajstić information content (AvgIpc) is 3.05. The normalized spacial score (nSPS) is 50.6. The molecule has 1 aromatic heterocycles. The third-order valence-electron chi connectivity index (χ3n) is 7.94. The van der Waals surface area contributed by atoms with Gasteiger partial charge in [0, 0.05) is 17.8 Å². The summed E-state index contributed by atoms with van der Waals surface area (Å²) in [6.07, 6.45) is 7.98. The molecule has 4 aliphatic rings. The molecule has 0 radical (unpaired) electrons. The van der Waals surface area contributed by atoms with Crippen LogP contribution in [0.1, 0.15) is 51.5 Å². The maximum Gasteiger partial charge on any atom is 0.312 e. The maximum absolute atomic E-state index is 12.6. The van der Waals surface area contributed by atoms with Crippen LogP contribution in [0.4, 0.5) is 0 Å². The third-order valence-corrected chi connectivity index (χ3v) is 7.94. The first kappa shape index (κ1) is 15.9. The Morgan fingerprint density at radius 2 is 2.12 bits per heavy atom. The molecule has 2 saturated heterocycles. The predicted molar refractivity (Wildman–Crippen MR) is 88.7 cm³/mol. The molecule has 1 spiro atoms. The lowest BCUT2D eigenvalue weighted by atomic mass is 9.43. The van der Waals surface area contributed by atoms with Gasteiger partial charge in [-0.25, -0.2) is 0 Å². The second-order valence-electron chi connectivity index (χ2n) is 9.09. The molecule has 25 heavy (non-hydrogen) atoms. The van der Waals surface area contributed by atoms with Crippen LogP contribution in [0.25, 0.3) is 0 Å². The van der Waals surface area contributed by atoms with Crippen molar-refractivity contribution in [2.45, 2.75) is 69.7 Å². The Kier molecular flexibility index (Phi) is 2.98. The van der Waals surface area contributed by atoms with Crippen LogP contribution < -0.4 is 0 Å². The molecule has 2 saturated carbocycles. The monoisotopic (exact) mass is 346 g/mol. The second-order valence-corrected chi connectivity index (χ2v) is 9.09. The highest BCUT2D eigenvalue weighted by molar-refractivity contribution is 5.80. The van der Waals surface area contributed by atoms with Crippen molar-refractivity contribution in [1.29, 1.82) is 0 Å². The Bertz CT molecular complexity index is 708. The van der Waals surface area contributed by atoms with E-state index in [-0.39, 0.29) is 23.4 Å². The predicted octanol–water partition coefficient (Wildman–Crippen LogP) is 2.85. The highest BCUT2D eigenvalue weighted by Crippen LogP contribution is 2.70. The van der Waals surface area contributed by atoms with Gasteiger partial charge in [-0.2, -0.15) is 0 Å². The molecule has 0 amide bonds. The van der Waals surface area contributed by atoms with Gasteiger partial charge in [0.05, 0.1) is 24.5 Å². The summed E-state index contributed by atoms with van der Waals surface area (Å²) < 4.78 is 16.9. The number of carbonyl (C=O) groups excluding carboxylic acids is 1. The number of epoxide rings is 1. The SMILES string of the molecule is C[C@@]12CCC[C@]3(C)C(=O)O[C@H](C[C@@]4(CO4)[C@]1(O)CCc1ccoc1)C23. The zero-order valence-corrected chi connectivity index (χ0v) is 14.9. The Morgan fingerprint density at radius 1 is 1.32 bits per heavy atom. The Morgan fingerprint density at radius 3 is 2.80 bits per heavy atom. The highest BCUT2D eigenvalue weighted by Gasteiger charge is 2.79. The van der Waals surface area contributed by atoms with E-state index in [4.69, 9.17) is 13.9 Å². The highest BCUT2D eigenvalue weighted by atomic mass is 16.6. The van der Waals surface area contributed by atoms with Crippen LogP contribution in [-0.4, -0.2) is 35.0 Å². The van der Waals surface area contributed by atoms with Crippen LogP contribution in [0.2, 0.25) is 0 Å². The van der Waals surface area contributed by atoms with Crippen LogP contribution in [0.15, 0.2) is 23.0 Å². The molecular weight excluding hydrogens is 320 g/mol. The summed E-state index contributed by atoms with van der Waals surface area (Å²) in [6, 6.07) is 1.95. The minimum Gasteiger partial charge on any atom is -0.472 e. The molecule has 5 nitrogen and oxygen atoms in total. The smallest absolute Gasteiger partial charge is 0.312 e. The minimum absolute atomic E-state index is 0.0606. The zero-order valence-electron chi connectivity index (χ0n) is 14.9. The average molecular weight is 346 g/mol. The van der Waals surface area contributed by atoms with E-state index < -0.39 is 16.6 Å². The number of aryl methyl sites for hydroxylation is 1. The molecule has 1 unspecified atom stereocenters. The summed E-state index contributed by atoms with van der Waals surface area (Å²) in [4.78, 5) is 12.6. The van der Waals surface area contributed by atoms with Crippen LogP contribution in [0.5, 0.6) is 0 Å². The Labute approximate surface area is 147 Å². The number of hydrogen-bond donors (Lipinski definition) is 1. The van der Waals surface area contributed by atoms with E-state index in [9.17, 15) is 9.90 Å².